The number of nitrogens with one attached hydrogen (secondary N) is 1. The van der Waals surface area contributed by atoms with E-state index in [1.807, 2.05) is 30.3 Å². The van der Waals surface area contributed by atoms with Gasteiger partial charge < -0.3 is 5.32 Å². The molecule has 1 amide bonds. The number of aromatic nitrogens is 2. The Bertz CT molecular complexity index is 937. The van der Waals surface area contributed by atoms with Crippen molar-refractivity contribution in [2.75, 3.05) is 0 Å². The molecule has 1 N–H and O–H groups in total. The van der Waals surface area contributed by atoms with Crippen LogP contribution >= 0.6 is 0 Å². The van der Waals surface area contributed by atoms with Gasteiger partial charge in [-0.05, 0) is 23.8 Å². The first-order valence-corrected chi connectivity index (χ1v) is 8.26. The van der Waals surface area contributed by atoms with E-state index < -0.39 is 0 Å². The number of nitrogens with zero attached hydrogens (tertiary/aromatic N) is 2. The zero-order valence-electron chi connectivity index (χ0n) is 14.1. The van der Waals surface area contributed by atoms with Gasteiger partial charge in [-0.3, -0.25) is 9.59 Å². The first-order valence-electron chi connectivity index (χ1n) is 8.26. The number of carbonyl (C=O) groups is 1. The molecule has 6 heteroatoms. The summed E-state index contributed by atoms with van der Waals surface area (Å²) in [5.74, 6) is -0.517. The normalized spacial score (nSPS) is 10.5. The highest BCUT2D eigenvalue weighted by Gasteiger charge is 2.06. The lowest BCUT2D eigenvalue weighted by Gasteiger charge is -2.08. The van der Waals surface area contributed by atoms with Gasteiger partial charge >= 0.3 is 0 Å². The summed E-state index contributed by atoms with van der Waals surface area (Å²) in [6, 6.07) is 18.6. The van der Waals surface area contributed by atoms with Crippen molar-refractivity contribution in [2.24, 2.45) is 0 Å². The van der Waals surface area contributed by atoms with Crippen LogP contribution in [-0.2, 0) is 17.9 Å². The minimum Gasteiger partial charge on any atom is -0.352 e. The van der Waals surface area contributed by atoms with Gasteiger partial charge in [0.05, 0.1) is 12.2 Å². The van der Waals surface area contributed by atoms with Crippen molar-refractivity contribution < 1.29 is 9.18 Å². The van der Waals surface area contributed by atoms with Gasteiger partial charge in [0.2, 0.25) is 5.91 Å². The second-order valence-corrected chi connectivity index (χ2v) is 5.80. The van der Waals surface area contributed by atoms with E-state index in [9.17, 15) is 14.0 Å². The van der Waals surface area contributed by atoms with Crippen LogP contribution in [0.15, 0.2) is 71.5 Å². The molecule has 0 aliphatic rings. The molecule has 0 aliphatic heterocycles. The van der Waals surface area contributed by atoms with Crippen LogP contribution in [0.5, 0.6) is 0 Å². The highest BCUT2D eigenvalue weighted by Crippen LogP contribution is 2.14. The van der Waals surface area contributed by atoms with Crippen LogP contribution in [-0.4, -0.2) is 15.7 Å². The number of rotatable bonds is 6. The minimum atomic E-state index is -0.316. The Labute approximate surface area is 150 Å². The van der Waals surface area contributed by atoms with E-state index in [4.69, 9.17) is 0 Å². The number of halogens is 1. The molecule has 0 bridgehead atoms. The highest BCUT2D eigenvalue weighted by atomic mass is 19.1. The predicted octanol–water partition coefficient (Wildman–Crippen LogP) is 2.76. The summed E-state index contributed by atoms with van der Waals surface area (Å²) in [6.45, 7) is 0.500. The van der Waals surface area contributed by atoms with E-state index in [2.05, 4.69) is 10.4 Å². The monoisotopic (exact) mass is 351 g/mol. The van der Waals surface area contributed by atoms with Crippen molar-refractivity contribution in [3.8, 4) is 11.3 Å². The summed E-state index contributed by atoms with van der Waals surface area (Å²) >= 11 is 0. The molecule has 0 spiro atoms. The SMILES string of the molecule is O=C(CCn1nc(-c2ccccc2)ccc1=O)NCc1ccc(F)cc1. The molecule has 0 fully saturated rings. The first kappa shape index (κ1) is 17.5. The Kier molecular flexibility index (Phi) is 5.53. The Morgan fingerprint density at radius 2 is 1.73 bits per heavy atom. The number of benzene rings is 2. The fraction of sp³-hybridized carbons (Fsp3) is 0.150. The minimum absolute atomic E-state index is 0.131. The van der Waals surface area contributed by atoms with E-state index >= 15 is 0 Å². The maximum atomic E-state index is 12.9. The highest BCUT2D eigenvalue weighted by molar-refractivity contribution is 5.75. The maximum Gasteiger partial charge on any atom is 0.266 e. The van der Waals surface area contributed by atoms with Crippen molar-refractivity contribution >= 4 is 5.91 Å². The van der Waals surface area contributed by atoms with Gasteiger partial charge in [-0.25, -0.2) is 9.07 Å². The number of hydrogen-bond donors (Lipinski definition) is 1. The molecule has 1 heterocycles. The summed E-state index contributed by atoms with van der Waals surface area (Å²) in [5.41, 5.74) is 2.14. The molecule has 3 rings (SSSR count). The van der Waals surface area contributed by atoms with E-state index in [-0.39, 0.29) is 30.2 Å². The molecular formula is C20H18FN3O2. The zero-order valence-corrected chi connectivity index (χ0v) is 14.1. The third kappa shape index (κ3) is 4.63. The number of amides is 1. The summed E-state index contributed by atoms with van der Waals surface area (Å²) < 4.78 is 14.2. The molecular weight excluding hydrogens is 333 g/mol. The molecule has 0 radical (unpaired) electrons. The second kappa shape index (κ2) is 8.20. The quantitative estimate of drug-likeness (QED) is 0.743. The summed E-state index contributed by atoms with van der Waals surface area (Å²) in [4.78, 5) is 24.0. The van der Waals surface area contributed by atoms with Gasteiger partial charge in [-0.2, -0.15) is 5.10 Å². The van der Waals surface area contributed by atoms with Crippen LogP contribution in [0.2, 0.25) is 0 Å². The number of carbonyl (C=O) groups excluding carboxylic acids is 1. The van der Waals surface area contributed by atoms with Crippen LogP contribution < -0.4 is 10.9 Å². The smallest absolute Gasteiger partial charge is 0.266 e. The van der Waals surface area contributed by atoms with Crippen molar-refractivity contribution in [2.45, 2.75) is 19.5 Å². The predicted molar refractivity (Wildman–Crippen MR) is 96.8 cm³/mol. The molecule has 3 aromatic rings. The molecule has 132 valence electrons. The molecule has 0 aliphatic carbocycles. The first-order chi connectivity index (χ1) is 12.6. The third-order valence-electron chi connectivity index (χ3n) is 3.89. The van der Waals surface area contributed by atoms with Gasteiger partial charge in [0.1, 0.15) is 5.82 Å². The molecule has 26 heavy (non-hydrogen) atoms. The topological polar surface area (TPSA) is 64.0 Å². The molecule has 1 aromatic heterocycles. The van der Waals surface area contributed by atoms with E-state index in [1.54, 1.807) is 18.2 Å². The van der Waals surface area contributed by atoms with Crippen molar-refractivity contribution in [3.63, 3.8) is 0 Å². The second-order valence-electron chi connectivity index (χ2n) is 5.80. The molecule has 0 unspecified atom stereocenters. The Hall–Kier alpha value is -3.28. The Balaban J connectivity index is 1.59. The lowest BCUT2D eigenvalue weighted by molar-refractivity contribution is -0.121. The van der Waals surface area contributed by atoms with Crippen molar-refractivity contribution in [3.05, 3.63) is 88.5 Å². The summed E-state index contributed by atoms with van der Waals surface area (Å²) in [6.07, 6.45) is 0.131. The fourth-order valence-electron chi connectivity index (χ4n) is 2.47. The average molecular weight is 351 g/mol. The standard InChI is InChI=1S/C20H18FN3O2/c21-17-8-6-15(7-9-17)14-22-19(25)12-13-24-20(26)11-10-18(23-24)16-4-2-1-3-5-16/h1-11H,12-14H2,(H,22,25). The Morgan fingerprint density at radius 3 is 2.46 bits per heavy atom. The molecule has 5 nitrogen and oxygen atoms in total. The fourth-order valence-corrected chi connectivity index (χ4v) is 2.47. The van der Waals surface area contributed by atoms with Crippen LogP contribution in [0.1, 0.15) is 12.0 Å². The van der Waals surface area contributed by atoms with Gasteiger partial charge in [0.25, 0.3) is 5.56 Å². The lowest BCUT2D eigenvalue weighted by Crippen LogP contribution is -2.28. The van der Waals surface area contributed by atoms with Gasteiger partial charge in [0, 0.05) is 24.6 Å². The largest absolute Gasteiger partial charge is 0.352 e. The maximum absolute atomic E-state index is 12.9. The van der Waals surface area contributed by atoms with E-state index in [1.165, 1.54) is 22.9 Å². The number of hydrogen-bond acceptors (Lipinski definition) is 3. The van der Waals surface area contributed by atoms with E-state index in [0.29, 0.717) is 12.2 Å². The Morgan fingerprint density at radius 1 is 1.00 bits per heavy atom. The van der Waals surface area contributed by atoms with Gasteiger partial charge in [-0.1, -0.05) is 42.5 Å². The van der Waals surface area contributed by atoms with Crippen LogP contribution in [0.25, 0.3) is 11.3 Å². The number of aryl methyl sites for hydroxylation is 1. The van der Waals surface area contributed by atoms with E-state index in [0.717, 1.165) is 11.1 Å². The van der Waals surface area contributed by atoms with Crippen LogP contribution in [0.4, 0.5) is 4.39 Å². The van der Waals surface area contributed by atoms with Gasteiger partial charge in [0.15, 0.2) is 0 Å². The van der Waals surface area contributed by atoms with Crippen molar-refractivity contribution in [1.82, 2.24) is 15.1 Å². The average Bonchev–Trinajstić information content (AvgIpc) is 2.67. The molecule has 0 atom stereocenters. The third-order valence-corrected chi connectivity index (χ3v) is 3.89. The molecule has 0 saturated heterocycles. The van der Waals surface area contributed by atoms with Crippen LogP contribution in [0.3, 0.4) is 0 Å². The molecule has 0 saturated carbocycles. The van der Waals surface area contributed by atoms with Gasteiger partial charge in [-0.15, -0.1) is 0 Å². The zero-order chi connectivity index (χ0) is 18.4. The summed E-state index contributed by atoms with van der Waals surface area (Å²) in [7, 11) is 0. The van der Waals surface area contributed by atoms with Crippen molar-refractivity contribution in [1.29, 1.82) is 0 Å². The summed E-state index contributed by atoms with van der Waals surface area (Å²) in [5, 5.41) is 7.07. The lowest BCUT2D eigenvalue weighted by atomic mass is 10.1. The van der Waals surface area contributed by atoms with Crippen LogP contribution in [0, 0.1) is 5.82 Å². The molecule has 2 aromatic carbocycles.